The number of carbonyl (C=O) groups is 1. The lowest BCUT2D eigenvalue weighted by atomic mass is 9.64. The summed E-state index contributed by atoms with van der Waals surface area (Å²) in [7, 11) is 1.26. The van der Waals surface area contributed by atoms with E-state index < -0.39 is 9.71 Å². The molecule has 0 radical (unpaired) electrons. The molecular formula is C39H54ClN3O5S. The van der Waals surface area contributed by atoms with Crippen molar-refractivity contribution in [2.75, 3.05) is 51.8 Å². The van der Waals surface area contributed by atoms with E-state index in [2.05, 4.69) is 53.5 Å². The molecule has 49 heavy (non-hydrogen) atoms. The molecule has 2 aromatic rings. The maximum absolute atomic E-state index is 13.9. The molecule has 2 bridgehead atoms. The number of carbonyl (C=O) groups excluding carboxylic acids is 1. The third-order valence-corrected chi connectivity index (χ3v) is 14.8. The highest BCUT2D eigenvalue weighted by molar-refractivity contribution is 7.99. The number of nitrogens with zero attached hydrogens (tertiary/aromatic N) is 2. The predicted molar refractivity (Wildman–Crippen MR) is 198 cm³/mol. The Hall–Kier alpha value is -2.30. The average Bonchev–Trinajstić information content (AvgIpc) is 3.44. The molecule has 9 atom stereocenters. The first-order chi connectivity index (χ1) is 23.4. The molecule has 1 saturated carbocycles. The molecule has 2 aromatic carbocycles. The lowest BCUT2D eigenvalue weighted by molar-refractivity contribution is -0.134. The first-order valence-electron chi connectivity index (χ1n) is 18.3. The lowest BCUT2D eigenvalue weighted by Crippen LogP contribution is -2.50. The number of amides is 1. The summed E-state index contributed by atoms with van der Waals surface area (Å²) in [5.41, 5.74) is 3.83. The van der Waals surface area contributed by atoms with Crippen molar-refractivity contribution in [2.45, 2.75) is 88.3 Å². The van der Waals surface area contributed by atoms with Crippen LogP contribution in [0.3, 0.4) is 0 Å². The minimum Gasteiger partial charge on any atom is -0.490 e. The summed E-state index contributed by atoms with van der Waals surface area (Å²) in [6.45, 7) is 7.77. The van der Waals surface area contributed by atoms with Crippen molar-refractivity contribution in [1.82, 2.24) is 9.62 Å². The Morgan fingerprint density at radius 3 is 2.69 bits per heavy atom. The number of aryl methyl sites for hydroxylation is 1. The van der Waals surface area contributed by atoms with Crippen LogP contribution in [0.5, 0.6) is 5.75 Å². The summed E-state index contributed by atoms with van der Waals surface area (Å²) < 4.78 is 36.6. The van der Waals surface area contributed by atoms with Gasteiger partial charge in [0.15, 0.2) is 6.29 Å². The van der Waals surface area contributed by atoms with E-state index in [1.54, 1.807) is 6.07 Å². The second-order valence-corrected chi connectivity index (χ2v) is 18.8. The van der Waals surface area contributed by atoms with Crippen molar-refractivity contribution in [2.24, 2.45) is 23.7 Å². The Morgan fingerprint density at radius 2 is 1.92 bits per heavy atom. The van der Waals surface area contributed by atoms with Crippen LogP contribution in [0.25, 0.3) is 0 Å². The van der Waals surface area contributed by atoms with Crippen molar-refractivity contribution in [3.8, 4) is 5.75 Å². The minimum absolute atomic E-state index is 0.0741. The zero-order valence-corrected chi connectivity index (χ0v) is 31.2. The molecular weight excluding hydrogens is 658 g/mol. The summed E-state index contributed by atoms with van der Waals surface area (Å²) >= 11 is 6.49. The van der Waals surface area contributed by atoms with Gasteiger partial charge in [0.05, 0.1) is 34.7 Å². The number of benzene rings is 2. The Bertz CT molecular complexity index is 1650. The number of nitrogens with one attached hydrogen (secondary N) is 1. The maximum Gasteiger partial charge on any atom is 0.262 e. The maximum atomic E-state index is 13.9. The van der Waals surface area contributed by atoms with E-state index in [1.165, 1.54) is 11.1 Å². The Kier molecular flexibility index (Phi) is 10.0. The Balaban J connectivity index is 1.27. The third kappa shape index (κ3) is 7.12. The third-order valence-electron chi connectivity index (χ3n) is 12.3. The Morgan fingerprint density at radius 1 is 1.08 bits per heavy atom. The molecule has 1 N–H and O–H groups in total. The number of rotatable bonds is 3. The van der Waals surface area contributed by atoms with Crippen LogP contribution in [0, 0.1) is 23.7 Å². The number of hydrogen-bond donors (Lipinski definition) is 1. The van der Waals surface area contributed by atoms with Crippen LogP contribution in [0.1, 0.15) is 80.3 Å². The van der Waals surface area contributed by atoms with E-state index in [4.69, 9.17) is 25.8 Å². The average molecular weight is 712 g/mol. The van der Waals surface area contributed by atoms with Crippen LogP contribution in [0.15, 0.2) is 36.4 Å². The second-order valence-electron chi connectivity index (χ2n) is 15.9. The van der Waals surface area contributed by atoms with Gasteiger partial charge in [-0.3, -0.25) is 9.52 Å². The Labute approximate surface area is 298 Å². The van der Waals surface area contributed by atoms with Crippen LogP contribution in [-0.2, 0) is 31.0 Å². The van der Waals surface area contributed by atoms with Crippen LogP contribution < -0.4 is 14.4 Å². The molecule has 1 unspecified atom stereocenters. The molecule has 5 aliphatic rings. The zero-order chi connectivity index (χ0) is 34.5. The van der Waals surface area contributed by atoms with E-state index in [9.17, 15) is 9.00 Å². The summed E-state index contributed by atoms with van der Waals surface area (Å²) in [6.07, 6.45) is 8.14. The van der Waals surface area contributed by atoms with Gasteiger partial charge >= 0.3 is 0 Å². The van der Waals surface area contributed by atoms with E-state index >= 15 is 0 Å². The number of fused-ring (bicyclic) bond motifs is 4. The lowest BCUT2D eigenvalue weighted by Gasteiger charge is -2.47. The summed E-state index contributed by atoms with van der Waals surface area (Å²) in [5.74, 6) is 5.83. The zero-order valence-electron chi connectivity index (χ0n) is 29.6. The van der Waals surface area contributed by atoms with Crippen LogP contribution in [0.4, 0.5) is 5.69 Å². The molecule has 0 aromatic heterocycles. The van der Waals surface area contributed by atoms with E-state index in [-0.39, 0.29) is 40.8 Å². The molecule has 10 heteroatoms. The fraction of sp³-hybridized carbons (Fsp3) is 0.641. The SMILES string of the molecule is C=S1(=O)NC(=O)c2ccc3c(c2)N(C[C@@H]2CC[C@H]2[C@H]([C@H]2OC[C@@H](CN(C)C)O2)CCC[C@H](C)[C@H]1C)C[C@@]1(CCCc2cc(Cl)ccc21)CO3. The number of anilines is 1. The van der Waals surface area contributed by atoms with Gasteiger partial charge in [-0.05, 0) is 131 Å². The molecule has 2 fully saturated rings. The van der Waals surface area contributed by atoms with Gasteiger partial charge < -0.3 is 24.0 Å². The number of hydrogen-bond acceptors (Lipinski definition) is 7. The van der Waals surface area contributed by atoms with Gasteiger partial charge in [0.2, 0.25) is 0 Å². The van der Waals surface area contributed by atoms with Crippen molar-refractivity contribution in [3.05, 3.63) is 58.1 Å². The summed E-state index contributed by atoms with van der Waals surface area (Å²) in [4.78, 5) is 18.4. The van der Waals surface area contributed by atoms with Crippen LogP contribution in [0.2, 0.25) is 5.02 Å². The van der Waals surface area contributed by atoms with Crippen LogP contribution in [-0.4, -0.2) is 85.5 Å². The van der Waals surface area contributed by atoms with Crippen molar-refractivity contribution in [1.29, 1.82) is 0 Å². The smallest absolute Gasteiger partial charge is 0.262 e. The second kappa shape index (κ2) is 14.0. The van der Waals surface area contributed by atoms with Gasteiger partial charge in [0.1, 0.15) is 5.75 Å². The molecule has 1 spiro atoms. The van der Waals surface area contributed by atoms with Gasteiger partial charge in [-0.25, -0.2) is 4.21 Å². The molecule has 268 valence electrons. The fourth-order valence-corrected chi connectivity index (χ4v) is 11.0. The predicted octanol–water partition coefficient (Wildman–Crippen LogP) is 6.33. The highest BCUT2D eigenvalue weighted by Gasteiger charge is 2.47. The van der Waals surface area contributed by atoms with Crippen LogP contribution >= 0.6 is 11.6 Å². The standard InChI is InChI=1S/C39H54ClN3O5S/c1-25-8-6-10-33(38-46-22-31(48-38)21-42(3)4)32-14-11-29(32)20-43-23-39(17-7-9-27-18-30(40)13-15-34(27)39)24-47-36-16-12-28(19-35(36)43)37(44)41-49(5,45)26(25)2/h12-13,15-16,18-19,25-26,29,31-33,38H,5-11,14,17,20-24H2,1-4H3,(H,41,44,45)/t25-,26+,29-,31+,32+,33+,38-,39-,49?/m0/s1. The first kappa shape index (κ1) is 35.1. The molecule has 2 aliphatic carbocycles. The van der Waals surface area contributed by atoms with Crippen molar-refractivity contribution >= 4 is 38.8 Å². The molecule has 3 aliphatic heterocycles. The topological polar surface area (TPSA) is 80.3 Å². The van der Waals surface area contributed by atoms with Gasteiger partial charge in [0, 0.05) is 46.8 Å². The molecule has 1 saturated heterocycles. The quantitative estimate of drug-likeness (QED) is 0.373. The summed E-state index contributed by atoms with van der Waals surface area (Å²) in [6, 6.07) is 12.0. The number of likely N-dealkylation sites (N-methyl/N-ethyl adjacent to an activating group) is 1. The number of halogens is 1. The molecule has 8 nitrogen and oxygen atoms in total. The normalized spacial score (nSPS) is 36.7. The van der Waals surface area contributed by atoms with E-state index in [0.717, 1.165) is 87.5 Å². The molecule has 3 heterocycles. The fourth-order valence-electron chi connectivity index (χ4n) is 9.27. The summed E-state index contributed by atoms with van der Waals surface area (Å²) in [5, 5.41) is 0.496. The van der Waals surface area contributed by atoms with Crippen molar-refractivity contribution < 1.29 is 23.2 Å². The highest BCUT2D eigenvalue weighted by atomic mass is 35.5. The van der Waals surface area contributed by atoms with Gasteiger partial charge in [0.25, 0.3) is 5.91 Å². The van der Waals surface area contributed by atoms with Crippen molar-refractivity contribution in [3.63, 3.8) is 0 Å². The highest BCUT2D eigenvalue weighted by Crippen LogP contribution is 2.49. The van der Waals surface area contributed by atoms with Gasteiger partial charge in [-0.15, -0.1) is 0 Å². The van der Waals surface area contributed by atoms with E-state index in [1.807, 2.05) is 25.1 Å². The van der Waals surface area contributed by atoms with Gasteiger partial charge in [-0.1, -0.05) is 31.0 Å². The molecule has 7 rings (SSSR count). The minimum atomic E-state index is -2.90. The molecule has 1 amide bonds. The van der Waals surface area contributed by atoms with E-state index in [0.29, 0.717) is 30.6 Å². The first-order valence-corrected chi connectivity index (χ1v) is 20.5. The monoisotopic (exact) mass is 711 g/mol. The largest absolute Gasteiger partial charge is 0.490 e. The number of ether oxygens (including phenoxy) is 3. The van der Waals surface area contributed by atoms with Gasteiger partial charge in [-0.2, -0.15) is 0 Å².